The fraction of sp³-hybridized carbons (Fsp3) is 0.400. The van der Waals surface area contributed by atoms with E-state index in [2.05, 4.69) is 11.9 Å². The molecule has 27 heavy (non-hydrogen) atoms. The third-order valence-corrected chi connectivity index (χ3v) is 4.75. The molecule has 0 spiro atoms. The van der Waals surface area contributed by atoms with E-state index in [1.807, 2.05) is 4.90 Å². The highest BCUT2D eigenvalue weighted by molar-refractivity contribution is 5.94. The highest BCUT2D eigenvalue weighted by Gasteiger charge is 2.30. The van der Waals surface area contributed by atoms with Crippen LogP contribution in [0.5, 0.6) is 11.6 Å². The zero-order valence-electron chi connectivity index (χ0n) is 15.0. The molecule has 3 rings (SSSR count). The molecule has 0 N–H and O–H groups in total. The third-order valence-electron chi connectivity index (χ3n) is 4.75. The molecule has 1 saturated heterocycles. The van der Waals surface area contributed by atoms with Gasteiger partial charge in [0.25, 0.3) is 5.91 Å². The van der Waals surface area contributed by atoms with Crippen LogP contribution in [0.2, 0.25) is 0 Å². The summed E-state index contributed by atoms with van der Waals surface area (Å²) in [6, 6.07) is 8.95. The number of alkyl halides is 3. The van der Waals surface area contributed by atoms with E-state index in [9.17, 15) is 18.0 Å². The molecule has 0 aliphatic carbocycles. The number of piperidine rings is 1. The van der Waals surface area contributed by atoms with Gasteiger partial charge in [0.05, 0.1) is 5.56 Å². The van der Waals surface area contributed by atoms with Crippen molar-refractivity contribution >= 4 is 5.91 Å². The maximum Gasteiger partial charge on any atom is 0.417 e. The van der Waals surface area contributed by atoms with E-state index >= 15 is 0 Å². The summed E-state index contributed by atoms with van der Waals surface area (Å²) in [6.07, 6.45) is 0.431. The molecular weight excluding hydrogens is 357 g/mol. The van der Waals surface area contributed by atoms with Gasteiger partial charge in [-0.3, -0.25) is 4.79 Å². The first-order chi connectivity index (χ1) is 12.9. The van der Waals surface area contributed by atoms with Crippen molar-refractivity contribution < 1.29 is 22.7 Å². The van der Waals surface area contributed by atoms with E-state index in [1.165, 1.54) is 6.07 Å². The molecule has 144 valence electrons. The number of amides is 1. The number of hydrogen-bond acceptors (Lipinski definition) is 3. The molecule has 1 unspecified atom stereocenters. The van der Waals surface area contributed by atoms with Crippen molar-refractivity contribution in [3.05, 3.63) is 53.7 Å². The number of carbonyl (C=O) groups excluding carboxylic acids is 1. The zero-order valence-corrected chi connectivity index (χ0v) is 15.0. The number of pyridine rings is 1. The second-order valence-corrected chi connectivity index (χ2v) is 6.57. The summed E-state index contributed by atoms with van der Waals surface area (Å²) in [4.78, 5) is 18.3. The Morgan fingerprint density at radius 3 is 2.52 bits per heavy atom. The summed E-state index contributed by atoms with van der Waals surface area (Å²) in [7, 11) is 0. The Balaban J connectivity index is 1.67. The van der Waals surface area contributed by atoms with Crippen molar-refractivity contribution in [1.29, 1.82) is 0 Å². The Morgan fingerprint density at radius 1 is 1.19 bits per heavy atom. The van der Waals surface area contributed by atoms with Crippen LogP contribution in [-0.2, 0) is 6.18 Å². The second-order valence-electron chi connectivity index (χ2n) is 6.57. The van der Waals surface area contributed by atoms with Gasteiger partial charge in [-0.05, 0) is 56.0 Å². The highest BCUT2D eigenvalue weighted by atomic mass is 19.4. The number of carbonyl (C=O) groups is 1. The number of nitrogens with zero attached hydrogens (tertiary/aromatic N) is 2. The van der Waals surface area contributed by atoms with Crippen molar-refractivity contribution in [3.8, 4) is 11.6 Å². The summed E-state index contributed by atoms with van der Waals surface area (Å²) in [5.74, 6) is 0.467. The maximum absolute atomic E-state index is 12.7. The molecular formula is C20H21F3N2O2. The standard InChI is InChI=1S/C20H21F3N2O2/c1-2-16-5-3-4-12-25(16)19(26)14-6-9-17(10-7-14)27-18-11-8-15(13-24-18)20(21,22)23/h6-11,13,16H,2-5,12H2,1H3. The second kappa shape index (κ2) is 7.98. The quantitative estimate of drug-likeness (QED) is 0.725. The number of aromatic nitrogens is 1. The van der Waals surface area contributed by atoms with Gasteiger partial charge < -0.3 is 9.64 Å². The Morgan fingerprint density at radius 2 is 1.93 bits per heavy atom. The fourth-order valence-corrected chi connectivity index (χ4v) is 3.25. The molecule has 1 aromatic heterocycles. The first kappa shape index (κ1) is 19.2. The SMILES string of the molecule is CCC1CCCCN1C(=O)c1ccc(Oc2ccc(C(F)(F)F)cn2)cc1. The van der Waals surface area contributed by atoms with E-state index in [0.717, 1.165) is 44.5 Å². The van der Waals surface area contributed by atoms with Crippen LogP contribution in [0, 0.1) is 0 Å². The Kier molecular flexibility index (Phi) is 5.68. The van der Waals surface area contributed by atoms with Crippen molar-refractivity contribution in [1.82, 2.24) is 9.88 Å². The van der Waals surface area contributed by atoms with Gasteiger partial charge in [-0.1, -0.05) is 6.92 Å². The van der Waals surface area contributed by atoms with E-state index in [-0.39, 0.29) is 17.8 Å². The first-order valence-corrected chi connectivity index (χ1v) is 9.00. The fourth-order valence-electron chi connectivity index (χ4n) is 3.25. The van der Waals surface area contributed by atoms with Crippen LogP contribution in [0.1, 0.15) is 48.5 Å². The van der Waals surface area contributed by atoms with Crippen LogP contribution in [0.15, 0.2) is 42.6 Å². The van der Waals surface area contributed by atoms with Gasteiger partial charge in [0, 0.05) is 30.4 Å². The van der Waals surface area contributed by atoms with E-state index in [4.69, 9.17) is 4.74 Å². The number of hydrogen-bond donors (Lipinski definition) is 0. The maximum atomic E-state index is 12.7. The lowest BCUT2D eigenvalue weighted by Gasteiger charge is -2.35. The Labute approximate surface area is 156 Å². The molecule has 0 saturated carbocycles. The highest BCUT2D eigenvalue weighted by Crippen LogP contribution is 2.30. The zero-order chi connectivity index (χ0) is 19.4. The predicted octanol–water partition coefficient (Wildman–Crippen LogP) is 5.30. The molecule has 1 aliphatic rings. The van der Waals surface area contributed by atoms with Crippen LogP contribution in [-0.4, -0.2) is 28.4 Å². The van der Waals surface area contributed by atoms with Gasteiger partial charge in [-0.15, -0.1) is 0 Å². The monoisotopic (exact) mass is 378 g/mol. The topological polar surface area (TPSA) is 42.4 Å². The van der Waals surface area contributed by atoms with Crippen LogP contribution in [0.4, 0.5) is 13.2 Å². The molecule has 0 bridgehead atoms. The van der Waals surface area contributed by atoms with Crippen LogP contribution >= 0.6 is 0 Å². The number of ether oxygens (including phenoxy) is 1. The third kappa shape index (κ3) is 4.59. The Bertz CT molecular complexity index is 773. The summed E-state index contributed by atoms with van der Waals surface area (Å²) >= 11 is 0. The van der Waals surface area contributed by atoms with E-state index in [1.54, 1.807) is 24.3 Å². The lowest BCUT2D eigenvalue weighted by molar-refractivity contribution is -0.137. The van der Waals surface area contributed by atoms with Crippen molar-refractivity contribution in [3.63, 3.8) is 0 Å². The lowest BCUT2D eigenvalue weighted by atomic mass is 9.99. The van der Waals surface area contributed by atoms with Crippen molar-refractivity contribution in [2.45, 2.75) is 44.8 Å². The average Bonchev–Trinajstić information content (AvgIpc) is 2.68. The largest absolute Gasteiger partial charge is 0.439 e. The lowest BCUT2D eigenvalue weighted by Crippen LogP contribution is -2.43. The number of benzene rings is 1. The molecule has 1 aromatic carbocycles. The van der Waals surface area contributed by atoms with Gasteiger partial charge in [-0.2, -0.15) is 13.2 Å². The number of likely N-dealkylation sites (tertiary alicyclic amines) is 1. The predicted molar refractivity (Wildman–Crippen MR) is 94.7 cm³/mol. The van der Waals surface area contributed by atoms with Gasteiger partial charge >= 0.3 is 6.18 Å². The van der Waals surface area contributed by atoms with Crippen LogP contribution < -0.4 is 4.74 Å². The average molecular weight is 378 g/mol. The molecule has 2 heterocycles. The van der Waals surface area contributed by atoms with E-state index in [0.29, 0.717) is 11.3 Å². The summed E-state index contributed by atoms with van der Waals surface area (Å²) < 4.78 is 43.1. The van der Waals surface area contributed by atoms with Gasteiger partial charge in [0.15, 0.2) is 0 Å². The molecule has 1 fully saturated rings. The van der Waals surface area contributed by atoms with Crippen LogP contribution in [0.3, 0.4) is 0 Å². The molecule has 1 aliphatic heterocycles. The first-order valence-electron chi connectivity index (χ1n) is 9.00. The van der Waals surface area contributed by atoms with Gasteiger partial charge in [-0.25, -0.2) is 4.98 Å². The van der Waals surface area contributed by atoms with Crippen LogP contribution in [0.25, 0.3) is 0 Å². The van der Waals surface area contributed by atoms with Crippen molar-refractivity contribution in [2.24, 2.45) is 0 Å². The summed E-state index contributed by atoms with van der Waals surface area (Å²) in [6.45, 7) is 2.86. The smallest absolute Gasteiger partial charge is 0.417 e. The van der Waals surface area contributed by atoms with Crippen molar-refractivity contribution in [2.75, 3.05) is 6.54 Å². The summed E-state index contributed by atoms with van der Waals surface area (Å²) in [5.41, 5.74) is -0.258. The molecule has 1 amide bonds. The molecule has 1 atom stereocenters. The normalized spacial score (nSPS) is 17.6. The van der Waals surface area contributed by atoms with Gasteiger partial charge in [0.1, 0.15) is 5.75 Å². The minimum Gasteiger partial charge on any atom is -0.439 e. The minimum absolute atomic E-state index is 0.000699. The molecule has 4 nitrogen and oxygen atoms in total. The van der Waals surface area contributed by atoms with E-state index < -0.39 is 11.7 Å². The molecule has 0 radical (unpaired) electrons. The minimum atomic E-state index is -4.43. The summed E-state index contributed by atoms with van der Waals surface area (Å²) in [5, 5.41) is 0. The van der Waals surface area contributed by atoms with Gasteiger partial charge in [0.2, 0.25) is 5.88 Å². The Hall–Kier alpha value is -2.57. The number of halogens is 3. The molecule has 7 heteroatoms. The number of rotatable bonds is 4. The molecule has 2 aromatic rings.